The monoisotopic (exact) mass is 319 g/mol. The van der Waals surface area contributed by atoms with Gasteiger partial charge in [-0.2, -0.15) is 0 Å². The fraction of sp³-hybridized carbons (Fsp3) is 0.579. The summed E-state index contributed by atoms with van der Waals surface area (Å²) in [6, 6.07) is 8.39. The van der Waals surface area contributed by atoms with E-state index < -0.39 is 0 Å². The molecule has 0 aliphatic carbocycles. The molecule has 0 aromatic heterocycles. The topological polar surface area (TPSA) is 55.4 Å². The SMILES string of the molecule is CC(C)OC(=O)CCNC(=O)CCc1ccc(C(C)(C)C)cc1. The first-order chi connectivity index (χ1) is 10.7. The molecule has 0 aliphatic rings. The Labute approximate surface area is 139 Å². The van der Waals surface area contributed by atoms with Crippen LogP contribution in [0, 0.1) is 0 Å². The highest BCUT2D eigenvalue weighted by molar-refractivity contribution is 5.77. The summed E-state index contributed by atoms with van der Waals surface area (Å²) in [5, 5.41) is 2.75. The van der Waals surface area contributed by atoms with E-state index in [1.807, 2.05) is 0 Å². The number of hydrogen-bond acceptors (Lipinski definition) is 3. The van der Waals surface area contributed by atoms with Crippen LogP contribution in [0.1, 0.15) is 58.6 Å². The molecular formula is C19H29NO3. The predicted molar refractivity (Wildman–Crippen MR) is 92.3 cm³/mol. The molecule has 1 amide bonds. The summed E-state index contributed by atoms with van der Waals surface area (Å²) in [7, 11) is 0. The molecule has 0 radical (unpaired) electrons. The van der Waals surface area contributed by atoms with E-state index in [1.165, 1.54) is 5.56 Å². The van der Waals surface area contributed by atoms with Crippen LogP contribution in [0.3, 0.4) is 0 Å². The van der Waals surface area contributed by atoms with Crippen LogP contribution in [0.5, 0.6) is 0 Å². The Bertz CT molecular complexity index is 512. The number of hydrogen-bond donors (Lipinski definition) is 1. The highest BCUT2D eigenvalue weighted by Gasteiger charge is 2.13. The number of esters is 1. The van der Waals surface area contributed by atoms with E-state index in [-0.39, 0.29) is 29.8 Å². The molecular weight excluding hydrogens is 290 g/mol. The van der Waals surface area contributed by atoms with Crippen molar-refractivity contribution < 1.29 is 14.3 Å². The molecule has 23 heavy (non-hydrogen) atoms. The summed E-state index contributed by atoms with van der Waals surface area (Å²) in [6.45, 7) is 10.5. The normalized spacial score (nSPS) is 11.4. The van der Waals surface area contributed by atoms with Crippen LogP contribution in [0.2, 0.25) is 0 Å². The zero-order valence-corrected chi connectivity index (χ0v) is 14.9. The molecule has 1 aromatic carbocycles. The van der Waals surface area contributed by atoms with Gasteiger partial charge in [0.05, 0.1) is 12.5 Å². The summed E-state index contributed by atoms with van der Waals surface area (Å²) >= 11 is 0. The lowest BCUT2D eigenvalue weighted by molar-refractivity contribution is -0.147. The third-order valence-electron chi connectivity index (χ3n) is 3.48. The van der Waals surface area contributed by atoms with Crippen LogP contribution in [0.15, 0.2) is 24.3 Å². The molecule has 128 valence electrons. The number of nitrogens with one attached hydrogen (secondary N) is 1. The van der Waals surface area contributed by atoms with Crippen LogP contribution in [-0.4, -0.2) is 24.5 Å². The van der Waals surface area contributed by atoms with Gasteiger partial charge in [0.2, 0.25) is 5.91 Å². The van der Waals surface area contributed by atoms with Crippen molar-refractivity contribution in [1.29, 1.82) is 0 Å². The Morgan fingerprint density at radius 3 is 2.22 bits per heavy atom. The van der Waals surface area contributed by atoms with Gasteiger partial charge in [-0.15, -0.1) is 0 Å². The molecule has 4 heteroatoms. The quantitative estimate of drug-likeness (QED) is 0.784. The zero-order chi connectivity index (χ0) is 17.5. The van der Waals surface area contributed by atoms with Gasteiger partial charge in [0.25, 0.3) is 0 Å². The highest BCUT2D eigenvalue weighted by Crippen LogP contribution is 2.22. The van der Waals surface area contributed by atoms with Crippen molar-refractivity contribution in [2.45, 2.75) is 65.4 Å². The average Bonchev–Trinajstić information content (AvgIpc) is 2.44. The van der Waals surface area contributed by atoms with Gasteiger partial charge in [-0.3, -0.25) is 9.59 Å². The lowest BCUT2D eigenvalue weighted by atomic mass is 9.86. The fourth-order valence-corrected chi connectivity index (χ4v) is 2.14. The van der Waals surface area contributed by atoms with Gasteiger partial charge in [-0.05, 0) is 36.8 Å². The molecule has 0 saturated carbocycles. The molecule has 0 atom stereocenters. The fourth-order valence-electron chi connectivity index (χ4n) is 2.14. The van der Waals surface area contributed by atoms with Gasteiger partial charge in [0.15, 0.2) is 0 Å². The lowest BCUT2D eigenvalue weighted by Crippen LogP contribution is -2.27. The maximum Gasteiger partial charge on any atom is 0.307 e. The van der Waals surface area contributed by atoms with Crippen molar-refractivity contribution in [1.82, 2.24) is 5.32 Å². The Balaban J connectivity index is 2.29. The van der Waals surface area contributed by atoms with E-state index in [2.05, 4.69) is 50.4 Å². The molecule has 0 fully saturated rings. The van der Waals surface area contributed by atoms with Crippen molar-refractivity contribution in [3.8, 4) is 0 Å². The summed E-state index contributed by atoms with van der Waals surface area (Å²) < 4.78 is 5.01. The summed E-state index contributed by atoms with van der Waals surface area (Å²) in [5.41, 5.74) is 2.57. The van der Waals surface area contributed by atoms with E-state index in [0.29, 0.717) is 19.4 Å². The Kier molecular flexibility index (Phi) is 7.27. The number of carbonyl (C=O) groups is 2. The maximum absolute atomic E-state index is 11.8. The summed E-state index contributed by atoms with van der Waals surface area (Å²) in [4.78, 5) is 23.1. The lowest BCUT2D eigenvalue weighted by Gasteiger charge is -2.19. The first-order valence-corrected chi connectivity index (χ1v) is 8.24. The second-order valence-electron chi connectivity index (χ2n) is 7.09. The molecule has 0 bridgehead atoms. The van der Waals surface area contributed by atoms with Gasteiger partial charge in [0, 0.05) is 13.0 Å². The molecule has 1 rings (SSSR count). The molecule has 1 aromatic rings. The minimum Gasteiger partial charge on any atom is -0.463 e. The number of amides is 1. The summed E-state index contributed by atoms with van der Waals surface area (Å²) in [6.07, 6.45) is 1.22. The third kappa shape index (κ3) is 7.82. The second-order valence-corrected chi connectivity index (χ2v) is 7.09. The molecule has 0 aliphatic heterocycles. The Hall–Kier alpha value is -1.84. The van der Waals surface area contributed by atoms with Gasteiger partial charge >= 0.3 is 5.97 Å². The highest BCUT2D eigenvalue weighted by atomic mass is 16.5. The summed E-state index contributed by atoms with van der Waals surface area (Å²) in [5.74, 6) is -0.319. The number of aryl methyl sites for hydroxylation is 1. The minimum absolute atomic E-state index is 0.0396. The van der Waals surface area contributed by atoms with Gasteiger partial charge in [0.1, 0.15) is 0 Å². The zero-order valence-electron chi connectivity index (χ0n) is 14.9. The third-order valence-corrected chi connectivity index (χ3v) is 3.48. The Morgan fingerprint density at radius 2 is 1.70 bits per heavy atom. The first-order valence-electron chi connectivity index (χ1n) is 8.24. The van der Waals surface area contributed by atoms with Crippen LogP contribution >= 0.6 is 0 Å². The molecule has 0 unspecified atom stereocenters. The van der Waals surface area contributed by atoms with Gasteiger partial charge in [-0.25, -0.2) is 0 Å². The van der Waals surface area contributed by atoms with Gasteiger partial charge in [-0.1, -0.05) is 45.0 Å². The van der Waals surface area contributed by atoms with E-state index >= 15 is 0 Å². The second kappa shape index (κ2) is 8.70. The molecule has 1 N–H and O–H groups in total. The van der Waals surface area contributed by atoms with Crippen LogP contribution in [0.25, 0.3) is 0 Å². The molecule has 4 nitrogen and oxygen atoms in total. The molecule has 0 saturated heterocycles. The van der Waals surface area contributed by atoms with Crippen LogP contribution < -0.4 is 5.32 Å². The smallest absolute Gasteiger partial charge is 0.307 e. The number of ether oxygens (including phenoxy) is 1. The number of carbonyl (C=O) groups excluding carboxylic acids is 2. The van der Waals surface area contributed by atoms with Crippen molar-refractivity contribution >= 4 is 11.9 Å². The molecule has 0 heterocycles. The number of rotatable bonds is 7. The van der Waals surface area contributed by atoms with Crippen LogP contribution in [-0.2, 0) is 26.2 Å². The van der Waals surface area contributed by atoms with Crippen molar-refractivity contribution in [2.75, 3.05) is 6.54 Å². The van der Waals surface area contributed by atoms with Crippen molar-refractivity contribution in [3.05, 3.63) is 35.4 Å². The van der Waals surface area contributed by atoms with E-state index in [4.69, 9.17) is 4.74 Å². The van der Waals surface area contributed by atoms with Crippen molar-refractivity contribution in [2.24, 2.45) is 0 Å². The number of benzene rings is 1. The first kappa shape index (κ1) is 19.2. The van der Waals surface area contributed by atoms with Gasteiger partial charge < -0.3 is 10.1 Å². The largest absolute Gasteiger partial charge is 0.463 e. The van der Waals surface area contributed by atoms with Crippen molar-refractivity contribution in [3.63, 3.8) is 0 Å². The Morgan fingerprint density at radius 1 is 1.09 bits per heavy atom. The maximum atomic E-state index is 11.8. The predicted octanol–water partition coefficient (Wildman–Crippen LogP) is 3.37. The van der Waals surface area contributed by atoms with Crippen LogP contribution in [0.4, 0.5) is 0 Å². The van der Waals surface area contributed by atoms with E-state index in [9.17, 15) is 9.59 Å². The molecule has 0 spiro atoms. The standard InChI is InChI=1S/C19H29NO3/c1-14(2)23-18(22)12-13-20-17(21)11-8-15-6-9-16(10-7-15)19(3,4)5/h6-7,9-10,14H,8,11-13H2,1-5H3,(H,20,21). The van der Waals surface area contributed by atoms with E-state index in [0.717, 1.165) is 5.56 Å². The minimum atomic E-state index is -0.280. The van der Waals surface area contributed by atoms with E-state index in [1.54, 1.807) is 13.8 Å². The average molecular weight is 319 g/mol.